The Kier molecular flexibility index (Phi) is 6.91. The van der Waals surface area contributed by atoms with Gasteiger partial charge < -0.3 is 19.4 Å². The van der Waals surface area contributed by atoms with Crippen LogP contribution in [0, 0.1) is 12.7 Å². The summed E-state index contributed by atoms with van der Waals surface area (Å²) >= 11 is 2.29. The molecule has 5 rings (SSSR count). The second-order valence-corrected chi connectivity index (χ2v) is 10.4. The zero-order valence-corrected chi connectivity index (χ0v) is 21.7. The van der Waals surface area contributed by atoms with Crippen molar-refractivity contribution in [2.75, 3.05) is 12.0 Å². The van der Waals surface area contributed by atoms with Crippen molar-refractivity contribution in [2.45, 2.75) is 23.1 Å². The summed E-state index contributed by atoms with van der Waals surface area (Å²) < 4.78 is 25.2. The van der Waals surface area contributed by atoms with E-state index in [4.69, 9.17) is 9.15 Å². The highest BCUT2D eigenvalue weighted by Crippen LogP contribution is 2.45. The van der Waals surface area contributed by atoms with Crippen LogP contribution < -0.4 is 9.64 Å². The van der Waals surface area contributed by atoms with Crippen molar-refractivity contribution >= 4 is 39.9 Å². The number of phenolic OH excluding ortho intramolecular Hbond substituents is 1. The number of aromatic nitrogens is 2. The number of aromatic hydroxyl groups is 1. The molecule has 1 atom stereocenters. The highest BCUT2D eigenvalue weighted by atomic mass is 32.2. The molecule has 2 N–H and O–H groups in total. The van der Waals surface area contributed by atoms with Crippen LogP contribution in [0.3, 0.4) is 0 Å². The lowest BCUT2D eigenvalue weighted by Crippen LogP contribution is -2.31. The lowest BCUT2D eigenvalue weighted by molar-refractivity contribution is -0.117. The van der Waals surface area contributed by atoms with E-state index in [1.165, 1.54) is 49.2 Å². The zero-order chi connectivity index (χ0) is 27.0. The second kappa shape index (κ2) is 10.3. The number of rotatable bonds is 8. The molecule has 0 saturated heterocycles. The summed E-state index contributed by atoms with van der Waals surface area (Å²) in [6, 6.07) is 12.7. The van der Waals surface area contributed by atoms with Gasteiger partial charge in [0.25, 0.3) is 5.91 Å². The van der Waals surface area contributed by atoms with E-state index in [9.17, 15) is 24.2 Å². The van der Waals surface area contributed by atoms with Gasteiger partial charge in [-0.2, -0.15) is 0 Å². The largest absolute Gasteiger partial charge is 0.504 e. The van der Waals surface area contributed by atoms with E-state index in [-0.39, 0.29) is 33.8 Å². The number of furan rings is 1. The standard InChI is InChI=1S/C26H20FN3O6S2/c1-13-7-10-18(36-13)22(32)20-21(14-8-9-17(31)19(11-14)35-2)30(24(34)23(20)33)25-28-29-26(38-25)37-12-15-5-3-4-6-16(15)27/h3-11,21,31,33H,12H2,1-2H3. The summed E-state index contributed by atoms with van der Waals surface area (Å²) in [5.41, 5.74) is 0.647. The third-order valence-corrected chi connectivity index (χ3v) is 7.95. The van der Waals surface area contributed by atoms with E-state index >= 15 is 0 Å². The molecule has 38 heavy (non-hydrogen) atoms. The number of anilines is 1. The van der Waals surface area contributed by atoms with Crippen LogP contribution in [0.2, 0.25) is 0 Å². The summed E-state index contributed by atoms with van der Waals surface area (Å²) in [4.78, 5) is 27.9. The first kappa shape index (κ1) is 25.5. The predicted octanol–water partition coefficient (Wildman–Crippen LogP) is 5.37. The van der Waals surface area contributed by atoms with E-state index in [1.54, 1.807) is 31.2 Å². The summed E-state index contributed by atoms with van der Waals surface area (Å²) in [5.74, 6) is -1.93. The van der Waals surface area contributed by atoms with Gasteiger partial charge in [-0.15, -0.1) is 10.2 Å². The molecule has 1 amide bonds. The molecule has 0 aliphatic carbocycles. The molecule has 0 saturated carbocycles. The van der Waals surface area contributed by atoms with Gasteiger partial charge in [-0.05, 0) is 48.4 Å². The average Bonchev–Trinajstić information content (AvgIpc) is 3.62. The van der Waals surface area contributed by atoms with Gasteiger partial charge in [-0.3, -0.25) is 14.5 Å². The maximum Gasteiger partial charge on any atom is 0.296 e. The Morgan fingerprint density at radius 3 is 2.68 bits per heavy atom. The minimum Gasteiger partial charge on any atom is -0.504 e. The maximum atomic E-state index is 14.0. The molecule has 0 fully saturated rings. The minimum atomic E-state index is -1.12. The molecular weight excluding hydrogens is 533 g/mol. The Morgan fingerprint density at radius 2 is 1.97 bits per heavy atom. The van der Waals surface area contributed by atoms with Crippen LogP contribution in [0.25, 0.3) is 0 Å². The molecule has 1 aliphatic rings. The van der Waals surface area contributed by atoms with Gasteiger partial charge in [0.15, 0.2) is 27.4 Å². The van der Waals surface area contributed by atoms with Crippen molar-refractivity contribution in [1.29, 1.82) is 0 Å². The molecule has 2 aromatic heterocycles. The van der Waals surface area contributed by atoms with Crippen molar-refractivity contribution < 1.29 is 33.3 Å². The van der Waals surface area contributed by atoms with Gasteiger partial charge in [-0.1, -0.05) is 47.4 Å². The maximum absolute atomic E-state index is 14.0. The molecule has 2 aromatic carbocycles. The highest BCUT2D eigenvalue weighted by Gasteiger charge is 2.47. The summed E-state index contributed by atoms with van der Waals surface area (Å²) in [6.45, 7) is 1.67. The van der Waals surface area contributed by atoms with Crippen molar-refractivity contribution in [3.63, 3.8) is 0 Å². The number of ether oxygens (including phenoxy) is 1. The van der Waals surface area contributed by atoms with Gasteiger partial charge in [0.1, 0.15) is 11.6 Å². The number of nitrogens with zero attached hydrogens (tertiary/aromatic N) is 3. The van der Waals surface area contributed by atoms with Crippen LogP contribution in [-0.4, -0.2) is 39.2 Å². The van der Waals surface area contributed by atoms with E-state index in [0.717, 1.165) is 16.2 Å². The molecule has 3 heterocycles. The molecule has 0 bridgehead atoms. The van der Waals surface area contributed by atoms with Gasteiger partial charge in [0.2, 0.25) is 10.9 Å². The van der Waals surface area contributed by atoms with Crippen molar-refractivity contribution in [1.82, 2.24) is 10.2 Å². The second-order valence-electron chi connectivity index (χ2n) is 8.24. The third kappa shape index (κ3) is 4.63. The van der Waals surface area contributed by atoms with E-state index < -0.39 is 23.5 Å². The molecule has 9 nitrogen and oxygen atoms in total. The summed E-state index contributed by atoms with van der Waals surface area (Å²) in [6.07, 6.45) is 0. The number of halogens is 1. The van der Waals surface area contributed by atoms with Crippen LogP contribution in [0.1, 0.15) is 33.5 Å². The fourth-order valence-corrected chi connectivity index (χ4v) is 5.87. The fraction of sp³-hybridized carbons (Fsp3) is 0.154. The molecule has 194 valence electrons. The van der Waals surface area contributed by atoms with Crippen LogP contribution >= 0.6 is 23.1 Å². The summed E-state index contributed by atoms with van der Waals surface area (Å²) in [7, 11) is 1.37. The molecule has 12 heteroatoms. The van der Waals surface area contributed by atoms with Crippen LogP contribution in [0.5, 0.6) is 11.5 Å². The molecular formula is C26H20FN3O6S2. The number of hydrogen-bond donors (Lipinski definition) is 2. The predicted molar refractivity (Wildman–Crippen MR) is 138 cm³/mol. The Hall–Kier alpha value is -4.16. The van der Waals surface area contributed by atoms with Crippen LogP contribution in [-0.2, 0) is 10.5 Å². The fourth-order valence-electron chi connectivity index (χ4n) is 4.02. The topological polar surface area (TPSA) is 126 Å². The average molecular weight is 554 g/mol. The quantitative estimate of drug-likeness (QED) is 0.168. The minimum absolute atomic E-state index is 0.0483. The van der Waals surface area contributed by atoms with Crippen LogP contribution in [0.4, 0.5) is 9.52 Å². The number of aryl methyl sites for hydroxylation is 1. The molecule has 1 unspecified atom stereocenters. The lowest BCUT2D eigenvalue weighted by atomic mass is 9.95. The number of hydrogen-bond acceptors (Lipinski definition) is 10. The van der Waals surface area contributed by atoms with E-state index in [1.807, 2.05) is 0 Å². The number of ketones is 1. The Labute approximate surface area is 224 Å². The first-order chi connectivity index (χ1) is 18.3. The van der Waals surface area contributed by atoms with Gasteiger partial charge in [-0.25, -0.2) is 4.39 Å². The smallest absolute Gasteiger partial charge is 0.296 e. The Morgan fingerprint density at radius 1 is 1.18 bits per heavy atom. The number of Topliss-reactive ketones (excluding diaryl/α,β-unsaturated/α-hetero) is 1. The third-order valence-electron chi connectivity index (χ3n) is 5.85. The number of aliphatic hydroxyl groups excluding tert-OH is 1. The molecule has 0 radical (unpaired) electrons. The van der Waals surface area contributed by atoms with Crippen molar-refractivity contribution in [3.05, 3.63) is 94.4 Å². The number of benzene rings is 2. The molecule has 0 spiro atoms. The number of amides is 1. The number of phenols is 1. The van der Waals surface area contributed by atoms with Crippen molar-refractivity contribution in [3.8, 4) is 11.5 Å². The Bertz CT molecular complexity index is 1580. The highest BCUT2D eigenvalue weighted by molar-refractivity contribution is 8.00. The normalized spacial score (nSPS) is 15.4. The summed E-state index contributed by atoms with van der Waals surface area (Å²) in [5, 5.41) is 29.4. The zero-order valence-electron chi connectivity index (χ0n) is 20.0. The lowest BCUT2D eigenvalue weighted by Gasteiger charge is -2.24. The monoisotopic (exact) mass is 553 g/mol. The van der Waals surface area contributed by atoms with Gasteiger partial charge in [0.05, 0.1) is 18.7 Å². The number of aliphatic hydroxyl groups is 1. The first-order valence-corrected chi connectivity index (χ1v) is 13.0. The SMILES string of the molecule is COc1cc(C2C(C(=O)c3ccc(C)o3)=C(O)C(=O)N2c2nnc(SCc3ccccc3F)s2)ccc1O. The number of thioether (sulfide) groups is 1. The number of carbonyl (C=O) groups excluding carboxylic acids is 2. The van der Waals surface area contributed by atoms with Crippen LogP contribution in [0.15, 0.2) is 74.7 Å². The van der Waals surface area contributed by atoms with E-state index in [0.29, 0.717) is 27.0 Å². The molecule has 1 aliphatic heterocycles. The van der Waals surface area contributed by atoms with Gasteiger partial charge >= 0.3 is 0 Å². The number of carbonyl (C=O) groups is 2. The van der Waals surface area contributed by atoms with Gasteiger partial charge in [0, 0.05) is 5.75 Å². The van der Waals surface area contributed by atoms with Crippen molar-refractivity contribution in [2.24, 2.45) is 0 Å². The number of methoxy groups -OCH3 is 1. The Balaban J connectivity index is 1.53. The first-order valence-electron chi connectivity index (χ1n) is 11.2. The molecule has 4 aromatic rings. The van der Waals surface area contributed by atoms with E-state index in [2.05, 4.69) is 10.2 Å².